The Morgan fingerprint density at radius 1 is 0.750 bits per heavy atom. The summed E-state index contributed by atoms with van der Waals surface area (Å²) in [6.07, 6.45) is 15.9. The molecular formula is C19H42O8S. The highest BCUT2D eigenvalue weighted by Gasteiger charge is 2.07. The fourth-order valence-electron chi connectivity index (χ4n) is 2.69. The molecule has 0 aromatic heterocycles. The van der Waals surface area contributed by atoms with Crippen LogP contribution in [0.4, 0.5) is 0 Å². The third-order valence-corrected chi connectivity index (χ3v) is 4.25. The van der Waals surface area contributed by atoms with Crippen LogP contribution in [0.3, 0.4) is 0 Å². The van der Waals surface area contributed by atoms with Gasteiger partial charge in [0.25, 0.3) is 0 Å². The highest BCUT2D eigenvalue weighted by Crippen LogP contribution is 2.13. The molecule has 0 heterocycles. The van der Waals surface area contributed by atoms with Crippen LogP contribution in [0.2, 0.25) is 0 Å². The van der Waals surface area contributed by atoms with Gasteiger partial charge in [0.05, 0.1) is 13.2 Å². The summed E-state index contributed by atoms with van der Waals surface area (Å²) in [6.45, 7) is 1.93. The standard InChI is InChI=1S/C19H40O4.H2O4S/c1-2-3-4-5-6-7-8-9-10-11-12-13-14-15-19(22)23-17-18(21)16-20;1-5(2,3)4/h18-22H,2-17H2,1H3;(H2,1,2,3,4). The molecule has 5 N–H and O–H groups in total. The van der Waals surface area contributed by atoms with Gasteiger partial charge in [-0.3, -0.25) is 9.11 Å². The van der Waals surface area contributed by atoms with Crippen LogP contribution in [-0.2, 0) is 15.1 Å². The Morgan fingerprint density at radius 3 is 1.46 bits per heavy atom. The van der Waals surface area contributed by atoms with Gasteiger partial charge >= 0.3 is 10.4 Å². The molecule has 0 saturated heterocycles. The summed E-state index contributed by atoms with van der Waals surface area (Å²) in [5.41, 5.74) is 0. The molecule has 0 rings (SSSR count). The fourth-order valence-corrected chi connectivity index (χ4v) is 2.69. The van der Waals surface area contributed by atoms with Crippen LogP contribution in [0.15, 0.2) is 0 Å². The molecule has 8 nitrogen and oxygen atoms in total. The van der Waals surface area contributed by atoms with E-state index in [0.29, 0.717) is 6.42 Å². The Hall–Kier alpha value is -0.290. The predicted octanol–water partition coefficient (Wildman–Crippen LogP) is 3.50. The molecule has 9 heteroatoms. The van der Waals surface area contributed by atoms with Crippen molar-refractivity contribution in [2.24, 2.45) is 0 Å². The quantitative estimate of drug-likeness (QED) is 0.126. The van der Waals surface area contributed by atoms with Crippen molar-refractivity contribution < 1.29 is 37.6 Å². The molecule has 0 aliphatic carbocycles. The second kappa shape index (κ2) is 21.4. The number of hydrogen-bond acceptors (Lipinski definition) is 6. The summed E-state index contributed by atoms with van der Waals surface area (Å²) in [5, 5.41) is 27.3. The number of unbranched alkanes of at least 4 members (excludes halogenated alkanes) is 12. The van der Waals surface area contributed by atoms with Crippen LogP contribution in [0.5, 0.6) is 0 Å². The van der Waals surface area contributed by atoms with Crippen LogP contribution < -0.4 is 0 Å². The summed E-state index contributed by atoms with van der Waals surface area (Å²) in [6, 6.07) is 0. The molecule has 0 bridgehead atoms. The Labute approximate surface area is 170 Å². The van der Waals surface area contributed by atoms with Crippen LogP contribution in [0.25, 0.3) is 0 Å². The fraction of sp³-hybridized carbons (Fsp3) is 1.00. The van der Waals surface area contributed by atoms with E-state index in [1.54, 1.807) is 0 Å². The second-order valence-electron chi connectivity index (χ2n) is 7.10. The number of aliphatic hydroxyl groups is 3. The van der Waals surface area contributed by atoms with Gasteiger partial charge in [0.15, 0.2) is 6.29 Å². The Bertz CT molecular complexity index is 395. The zero-order chi connectivity index (χ0) is 21.7. The van der Waals surface area contributed by atoms with Crippen molar-refractivity contribution >= 4 is 10.4 Å². The SMILES string of the molecule is CCCCCCCCCCCCCCCC(O)OCC(O)CO.O=S(=O)(O)O. The lowest BCUT2D eigenvalue weighted by atomic mass is 10.0. The van der Waals surface area contributed by atoms with Gasteiger partial charge in [-0.25, -0.2) is 0 Å². The monoisotopic (exact) mass is 430 g/mol. The van der Waals surface area contributed by atoms with Crippen molar-refractivity contribution in [3.63, 3.8) is 0 Å². The molecular weight excluding hydrogens is 388 g/mol. The van der Waals surface area contributed by atoms with Crippen molar-refractivity contribution in [3.05, 3.63) is 0 Å². The van der Waals surface area contributed by atoms with E-state index in [1.807, 2.05) is 0 Å². The van der Waals surface area contributed by atoms with Gasteiger partial charge in [0.1, 0.15) is 6.10 Å². The molecule has 0 aliphatic heterocycles. The molecule has 0 aromatic carbocycles. The maximum atomic E-state index is 9.56. The normalized spacial score (nSPS) is 13.6. The Balaban J connectivity index is 0. The maximum absolute atomic E-state index is 9.56. The lowest BCUT2D eigenvalue weighted by Crippen LogP contribution is -2.24. The molecule has 2 unspecified atom stereocenters. The largest absolute Gasteiger partial charge is 0.394 e. The first-order chi connectivity index (χ1) is 13.2. The van der Waals surface area contributed by atoms with Crippen molar-refractivity contribution in [1.82, 2.24) is 0 Å². The molecule has 0 spiro atoms. The highest BCUT2D eigenvalue weighted by molar-refractivity contribution is 7.79. The van der Waals surface area contributed by atoms with E-state index in [2.05, 4.69) is 6.92 Å². The molecule has 0 radical (unpaired) electrons. The van der Waals surface area contributed by atoms with E-state index >= 15 is 0 Å². The first kappa shape index (κ1) is 29.9. The van der Waals surface area contributed by atoms with Crippen molar-refractivity contribution in [2.45, 2.75) is 109 Å². The zero-order valence-electron chi connectivity index (χ0n) is 17.3. The third-order valence-electron chi connectivity index (χ3n) is 4.25. The average molecular weight is 431 g/mol. The number of ether oxygens (including phenoxy) is 1. The summed E-state index contributed by atoms with van der Waals surface area (Å²) in [5.74, 6) is 0. The molecule has 0 aliphatic rings. The Kier molecular flexibility index (Phi) is 22.9. The summed E-state index contributed by atoms with van der Waals surface area (Å²) in [4.78, 5) is 0. The van der Waals surface area contributed by atoms with Crippen LogP contribution >= 0.6 is 0 Å². The Morgan fingerprint density at radius 2 is 1.11 bits per heavy atom. The lowest BCUT2D eigenvalue weighted by molar-refractivity contribution is -0.130. The minimum atomic E-state index is -4.67. The smallest absolute Gasteiger partial charge is 0.394 e. The minimum Gasteiger partial charge on any atom is -0.394 e. The van der Waals surface area contributed by atoms with E-state index in [-0.39, 0.29) is 13.2 Å². The van der Waals surface area contributed by atoms with Gasteiger partial charge in [-0.05, 0) is 12.8 Å². The molecule has 0 amide bonds. The van der Waals surface area contributed by atoms with E-state index in [1.165, 1.54) is 70.6 Å². The highest BCUT2D eigenvalue weighted by atomic mass is 32.3. The van der Waals surface area contributed by atoms with Crippen LogP contribution in [-0.4, -0.2) is 58.5 Å². The zero-order valence-corrected chi connectivity index (χ0v) is 18.2. The third kappa shape index (κ3) is 33.3. The average Bonchev–Trinajstić information content (AvgIpc) is 2.62. The van der Waals surface area contributed by atoms with E-state index in [9.17, 15) is 5.11 Å². The number of hydrogen-bond donors (Lipinski definition) is 5. The second-order valence-corrected chi connectivity index (χ2v) is 8.00. The first-order valence-electron chi connectivity index (χ1n) is 10.5. The number of rotatable bonds is 18. The summed E-state index contributed by atoms with van der Waals surface area (Å²) in [7, 11) is -4.67. The molecule has 0 fully saturated rings. The van der Waals surface area contributed by atoms with Crippen molar-refractivity contribution in [3.8, 4) is 0 Å². The molecule has 0 saturated carbocycles. The van der Waals surface area contributed by atoms with Crippen LogP contribution in [0.1, 0.15) is 96.8 Å². The van der Waals surface area contributed by atoms with E-state index < -0.39 is 22.8 Å². The molecule has 28 heavy (non-hydrogen) atoms. The lowest BCUT2D eigenvalue weighted by Gasteiger charge is -2.14. The van der Waals surface area contributed by atoms with Gasteiger partial charge in [-0.2, -0.15) is 8.42 Å². The van der Waals surface area contributed by atoms with Gasteiger partial charge < -0.3 is 20.1 Å². The maximum Gasteiger partial charge on any atom is 0.394 e. The van der Waals surface area contributed by atoms with Crippen molar-refractivity contribution in [2.75, 3.05) is 13.2 Å². The molecule has 172 valence electrons. The summed E-state index contributed by atoms with van der Waals surface area (Å²) >= 11 is 0. The van der Waals surface area contributed by atoms with Crippen LogP contribution in [0, 0.1) is 0 Å². The van der Waals surface area contributed by atoms with Gasteiger partial charge in [0, 0.05) is 0 Å². The minimum absolute atomic E-state index is 0.00386. The molecule has 2 atom stereocenters. The van der Waals surface area contributed by atoms with Gasteiger partial charge in [-0.15, -0.1) is 0 Å². The number of aliphatic hydroxyl groups excluding tert-OH is 3. The van der Waals surface area contributed by atoms with E-state index in [4.69, 9.17) is 32.5 Å². The topological polar surface area (TPSA) is 145 Å². The molecule has 0 aromatic rings. The summed E-state index contributed by atoms with van der Waals surface area (Å²) < 4.78 is 36.6. The van der Waals surface area contributed by atoms with Gasteiger partial charge in [0.2, 0.25) is 0 Å². The van der Waals surface area contributed by atoms with E-state index in [0.717, 1.165) is 12.8 Å². The van der Waals surface area contributed by atoms with Crippen molar-refractivity contribution in [1.29, 1.82) is 0 Å². The van der Waals surface area contributed by atoms with Gasteiger partial charge in [-0.1, -0.05) is 84.0 Å². The first-order valence-corrected chi connectivity index (χ1v) is 11.9. The predicted molar refractivity (Wildman–Crippen MR) is 110 cm³/mol.